The summed E-state index contributed by atoms with van der Waals surface area (Å²) in [5, 5.41) is 10.2. The quantitative estimate of drug-likeness (QED) is 0.612. The molecule has 3 N–H and O–H groups in total. The van der Waals surface area contributed by atoms with E-state index in [1.807, 2.05) is 30.3 Å². The number of hydrogen-bond donors (Lipinski definition) is 2. The van der Waals surface area contributed by atoms with Crippen LogP contribution in [0.2, 0.25) is 0 Å². The number of methoxy groups -OCH3 is 1. The second-order valence-corrected chi connectivity index (χ2v) is 8.31. The Labute approximate surface area is 165 Å². The number of nitrogens with zero attached hydrogens (tertiary/aromatic N) is 1. The van der Waals surface area contributed by atoms with Gasteiger partial charge in [-0.2, -0.15) is 0 Å². The highest BCUT2D eigenvalue weighted by Gasteiger charge is 2.33. The maximum Gasteiger partial charge on any atom is 0.192 e. The van der Waals surface area contributed by atoms with Gasteiger partial charge in [0.25, 0.3) is 0 Å². The van der Waals surface area contributed by atoms with E-state index in [2.05, 4.69) is 20.8 Å². The normalized spacial score (nSPS) is 16.1. The summed E-state index contributed by atoms with van der Waals surface area (Å²) in [4.78, 5) is 2.86. The van der Waals surface area contributed by atoms with Gasteiger partial charge in [-0.3, -0.25) is 0 Å². The van der Waals surface area contributed by atoms with Gasteiger partial charge in [0.2, 0.25) is 0 Å². The van der Waals surface area contributed by atoms with Crippen LogP contribution in [-0.2, 0) is 16.1 Å². The number of ether oxygens (including phenoxy) is 3. The molecule has 6 nitrogen and oxygen atoms in total. The van der Waals surface area contributed by atoms with Crippen molar-refractivity contribution in [2.45, 2.75) is 18.9 Å². The minimum absolute atomic E-state index is 0.0225. The van der Waals surface area contributed by atoms with E-state index in [0.29, 0.717) is 37.8 Å². The van der Waals surface area contributed by atoms with Gasteiger partial charge in [0, 0.05) is 13.7 Å². The molecule has 0 radical (unpaired) electrons. The zero-order chi connectivity index (χ0) is 18.5. The van der Waals surface area contributed by atoms with Crippen LogP contribution in [0.4, 0.5) is 5.69 Å². The Morgan fingerprint density at radius 1 is 1.38 bits per heavy atom. The summed E-state index contributed by atoms with van der Waals surface area (Å²) in [6.07, 6.45) is -1.01. The molecule has 0 bridgehead atoms. The number of thiophene rings is 1. The first-order valence-electron chi connectivity index (χ1n) is 8.40. The van der Waals surface area contributed by atoms with Gasteiger partial charge in [0.15, 0.2) is 12.0 Å². The SMILES string of the molecule is COC(O)c1sc(Br)c2c1N([C@H](CN)COCc1ccccc1)CCO2. The van der Waals surface area contributed by atoms with Crippen molar-refractivity contribution in [3.8, 4) is 5.75 Å². The summed E-state index contributed by atoms with van der Waals surface area (Å²) < 4.78 is 17.7. The van der Waals surface area contributed by atoms with Gasteiger partial charge in [-0.1, -0.05) is 30.3 Å². The summed E-state index contributed by atoms with van der Waals surface area (Å²) in [5.74, 6) is 0.730. The lowest BCUT2D eigenvalue weighted by atomic mass is 10.2. The van der Waals surface area contributed by atoms with Gasteiger partial charge in [-0.05, 0) is 21.5 Å². The summed E-state index contributed by atoms with van der Waals surface area (Å²) >= 11 is 4.93. The molecule has 1 aliphatic heterocycles. The first-order valence-corrected chi connectivity index (χ1v) is 10.0. The number of rotatable bonds is 8. The Bertz CT molecular complexity index is 713. The fourth-order valence-electron chi connectivity index (χ4n) is 2.96. The summed E-state index contributed by atoms with van der Waals surface area (Å²) in [7, 11) is 1.47. The molecule has 26 heavy (non-hydrogen) atoms. The van der Waals surface area contributed by atoms with Crippen LogP contribution < -0.4 is 15.4 Å². The molecule has 3 rings (SSSR count). The molecule has 0 saturated heterocycles. The highest BCUT2D eigenvalue weighted by atomic mass is 79.9. The van der Waals surface area contributed by atoms with Crippen molar-refractivity contribution in [3.05, 3.63) is 44.6 Å². The number of benzene rings is 1. The van der Waals surface area contributed by atoms with E-state index in [1.165, 1.54) is 18.4 Å². The molecule has 2 aromatic rings. The summed E-state index contributed by atoms with van der Waals surface area (Å²) in [6, 6.07) is 10.0. The minimum atomic E-state index is -1.01. The van der Waals surface area contributed by atoms with Crippen molar-refractivity contribution < 1.29 is 19.3 Å². The van der Waals surface area contributed by atoms with E-state index in [0.717, 1.165) is 20.8 Å². The monoisotopic (exact) mass is 442 g/mol. The molecule has 1 aliphatic rings. The van der Waals surface area contributed by atoms with Crippen molar-refractivity contribution in [3.63, 3.8) is 0 Å². The minimum Gasteiger partial charge on any atom is -0.487 e. The number of hydrogen-bond acceptors (Lipinski definition) is 7. The van der Waals surface area contributed by atoms with E-state index in [4.69, 9.17) is 19.9 Å². The van der Waals surface area contributed by atoms with Gasteiger partial charge in [0.05, 0.1) is 30.7 Å². The summed E-state index contributed by atoms with van der Waals surface area (Å²) in [5.41, 5.74) is 8.00. The van der Waals surface area contributed by atoms with Crippen molar-refractivity contribution in [1.29, 1.82) is 0 Å². The van der Waals surface area contributed by atoms with Crippen LogP contribution in [-0.4, -0.2) is 44.6 Å². The zero-order valence-electron chi connectivity index (χ0n) is 14.6. The molecule has 0 spiro atoms. The topological polar surface area (TPSA) is 77.2 Å². The third-order valence-corrected chi connectivity index (χ3v) is 6.10. The van der Waals surface area contributed by atoms with Crippen LogP contribution in [0.1, 0.15) is 16.7 Å². The maximum atomic E-state index is 10.2. The van der Waals surface area contributed by atoms with Crippen molar-refractivity contribution in [1.82, 2.24) is 0 Å². The molecule has 8 heteroatoms. The third-order valence-electron chi connectivity index (χ3n) is 4.27. The van der Waals surface area contributed by atoms with Crippen LogP contribution in [0.25, 0.3) is 0 Å². The second-order valence-electron chi connectivity index (χ2n) is 5.94. The van der Waals surface area contributed by atoms with Gasteiger partial charge in [0.1, 0.15) is 16.1 Å². The second kappa shape index (κ2) is 9.16. The summed E-state index contributed by atoms with van der Waals surface area (Å²) in [6.45, 7) is 2.69. The molecule has 2 atom stereocenters. The van der Waals surface area contributed by atoms with Crippen LogP contribution in [0.5, 0.6) is 5.75 Å². The first-order chi connectivity index (χ1) is 12.7. The average molecular weight is 443 g/mol. The lowest BCUT2D eigenvalue weighted by Crippen LogP contribution is -2.47. The van der Waals surface area contributed by atoms with E-state index in [1.54, 1.807) is 0 Å². The molecule has 2 heterocycles. The van der Waals surface area contributed by atoms with E-state index >= 15 is 0 Å². The van der Waals surface area contributed by atoms with E-state index in [9.17, 15) is 5.11 Å². The fourth-order valence-corrected chi connectivity index (χ4v) is 4.73. The number of aliphatic hydroxyl groups excluding tert-OH is 1. The van der Waals surface area contributed by atoms with Gasteiger partial charge >= 0.3 is 0 Å². The largest absolute Gasteiger partial charge is 0.487 e. The number of anilines is 1. The smallest absolute Gasteiger partial charge is 0.192 e. The van der Waals surface area contributed by atoms with Gasteiger partial charge < -0.3 is 30.0 Å². The van der Waals surface area contributed by atoms with Crippen molar-refractivity contribution in [2.75, 3.05) is 38.3 Å². The fraction of sp³-hybridized carbons (Fsp3) is 0.444. The highest BCUT2D eigenvalue weighted by molar-refractivity contribution is 9.11. The number of nitrogens with two attached hydrogens (primary N) is 1. The number of fused-ring (bicyclic) bond motifs is 1. The number of halogens is 1. The number of aliphatic hydroxyl groups is 1. The maximum absolute atomic E-state index is 10.2. The van der Waals surface area contributed by atoms with Crippen LogP contribution in [0.15, 0.2) is 34.1 Å². The highest BCUT2D eigenvalue weighted by Crippen LogP contribution is 2.50. The Kier molecular flexibility index (Phi) is 6.91. The van der Waals surface area contributed by atoms with Crippen LogP contribution in [0, 0.1) is 0 Å². The van der Waals surface area contributed by atoms with Crippen LogP contribution >= 0.6 is 27.3 Å². The molecule has 142 valence electrons. The molecule has 0 saturated carbocycles. The molecular formula is C18H23BrN2O4S. The first kappa shape index (κ1) is 19.6. The molecule has 1 aromatic carbocycles. The van der Waals surface area contributed by atoms with Crippen molar-refractivity contribution in [2.24, 2.45) is 5.73 Å². The predicted molar refractivity (Wildman–Crippen MR) is 106 cm³/mol. The van der Waals surface area contributed by atoms with Crippen molar-refractivity contribution >= 4 is 33.0 Å². The Morgan fingerprint density at radius 2 is 2.15 bits per heavy atom. The average Bonchev–Trinajstić information content (AvgIpc) is 3.03. The zero-order valence-corrected chi connectivity index (χ0v) is 17.0. The lowest BCUT2D eigenvalue weighted by Gasteiger charge is -2.36. The molecular weight excluding hydrogens is 420 g/mol. The van der Waals surface area contributed by atoms with E-state index < -0.39 is 6.29 Å². The Hall–Kier alpha value is -1.16. The van der Waals surface area contributed by atoms with Gasteiger partial charge in [-0.15, -0.1) is 11.3 Å². The predicted octanol–water partition coefficient (Wildman–Crippen LogP) is 2.89. The Balaban J connectivity index is 1.75. The molecule has 1 aromatic heterocycles. The van der Waals surface area contributed by atoms with Gasteiger partial charge in [-0.25, -0.2) is 0 Å². The molecule has 1 unspecified atom stereocenters. The molecule has 0 fully saturated rings. The lowest BCUT2D eigenvalue weighted by molar-refractivity contribution is -0.0742. The third kappa shape index (κ3) is 4.21. The van der Waals surface area contributed by atoms with Crippen LogP contribution in [0.3, 0.4) is 0 Å². The van der Waals surface area contributed by atoms with E-state index in [-0.39, 0.29) is 6.04 Å². The molecule has 0 aliphatic carbocycles. The standard InChI is InChI=1S/C18H23BrN2O4S/c1-23-18(22)16-14-15(17(19)26-16)25-8-7-21(14)13(9-20)11-24-10-12-5-3-2-4-6-12/h2-6,13,18,22H,7-11,20H2,1H3/t13-,18?/m1/s1. The Morgan fingerprint density at radius 3 is 2.85 bits per heavy atom. The molecule has 0 amide bonds.